The molecule has 206 valence electrons. The summed E-state index contributed by atoms with van der Waals surface area (Å²) in [5.74, 6) is 1.16. The number of imidazole rings is 1. The summed E-state index contributed by atoms with van der Waals surface area (Å²) in [7, 11) is 0. The fourth-order valence-electron chi connectivity index (χ4n) is 5.43. The van der Waals surface area contributed by atoms with Gasteiger partial charge in [0.1, 0.15) is 29.0 Å². The normalized spacial score (nSPS) is 17.6. The topological polar surface area (TPSA) is 135 Å². The molecule has 1 aromatic heterocycles. The third-order valence-corrected chi connectivity index (χ3v) is 7.48. The number of amides is 1. The number of amidine groups is 1. The van der Waals surface area contributed by atoms with Crippen LogP contribution in [0.2, 0.25) is 0 Å². The van der Waals surface area contributed by atoms with Crippen LogP contribution in [0, 0.1) is 17.0 Å². The molecule has 3 heterocycles. The van der Waals surface area contributed by atoms with Crippen LogP contribution in [0.15, 0.2) is 89.1 Å². The molecule has 4 aromatic rings. The predicted octanol–water partition coefficient (Wildman–Crippen LogP) is 4.09. The van der Waals surface area contributed by atoms with Crippen molar-refractivity contribution >= 4 is 23.9 Å². The number of hydrogen-bond donors (Lipinski definition) is 1. The van der Waals surface area contributed by atoms with E-state index in [1.165, 1.54) is 18.5 Å². The molecule has 1 atom stereocenters. The number of aliphatic hydroxyl groups is 1. The number of nitrogens with zero attached hydrogens (tertiary/aromatic N) is 6. The van der Waals surface area contributed by atoms with Crippen LogP contribution in [0.1, 0.15) is 39.9 Å². The minimum absolute atomic E-state index is 0.0762. The summed E-state index contributed by atoms with van der Waals surface area (Å²) in [6.07, 6.45) is 3.27. The number of carbonyl (C=O) groups is 1. The number of fused-ring (bicyclic) bond motifs is 3. The molecule has 0 spiro atoms. The highest BCUT2D eigenvalue weighted by Crippen LogP contribution is 2.47. The summed E-state index contributed by atoms with van der Waals surface area (Å²) in [5.41, 5.74) is 4.16. The highest BCUT2D eigenvalue weighted by atomic mass is 17.0. The van der Waals surface area contributed by atoms with E-state index in [4.69, 9.17) is 9.98 Å². The van der Waals surface area contributed by atoms with Gasteiger partial charge in [-0.3, -0.25) is 14.5 Å². The molecule has 2 aliphatic rings. The van der Waals surface area contributed by atoms with E-state index in [1.54, 1.807) is 23.4 Å². The van der Waals surface area contributed by atoms with Gasteiger partial charge in [0.2, 0.25) is 5.91 Å². The molecule has 0 saturated carbocycles. The molecule has 1 unspecified atom stereocenters. The van der Waals surface area contributed by atoms with Crippen molar-refractivity contribution in [1.82, 2.24) is 14.5 Å². The van der Waals surface area contributed by atoms with Gasteiger partial charge >= 0.3 is 0 Å². The van der Waals surface area contributed by atoms with Crippen LogP contribution in [0.4, 0.5) is 5.82 Å². The van der Waals surface area contributed by atoms with E-state index >= 15 is 0 Å². The SMILES string of the molecule is Cc1ccc(CN2C(=O)CC3(c4ccc(CO)cc4)C2=NC=Nc2c3ncn2Cc2ccc(O[N+](=O)[O-])cc2)cc1. The van der Waals surface area contributed by atoms with E-state index in [2.05, 4.69) is 9.83 Å². The lowest BCUT2D eigenvalue weighted by Gasteiger charge is -2.29. The lowest BCUT2D eigenvalue weighted by molar-refractivity contribution is -0.711. The first-order valence-corrected chi connectivity index (χ1v) is 13.0. The van der Waals surface area contributed by atoms with Gasteiger partial charge in [0, 0.05) is 6.42 Å². The molecule has 0 aliphatic carbocycles. The van der Waals surface area contributed by atoms with Gasteiger partial charge in [0.15, 0.2) is 5.82 Å². The molecule has 1 N–H and O–H groups in total. The van der Waals surface area contributed by atoms with Crippen LogP contribution >= 0.6 is 0 Å². The molecule has 41 heavy (non-hydrogen) atoms. The molecule has 1 saturated heterocycles. The van der Waals surface area contributed by atoms with Crippen molar-refractivity contribution in [3.05, 3.63) is 123 Å². The Balaban J connectivity index is 1.42. The van der Waals surface area contributed by atoms with Crippen molar-refractivity contribution in [3.8, 4) is 5.75 Å². The van der Waals surface area contributed by atoms with Gasteiger partial charge in [0.05, 0.1) is 26.0 Å². The number of benzene rings is 3. The molecule has 1 amide bonds. The lowest BCUT2D eigenvalue weighted by Crippen LogP contribution is -2.39. The number of rotatable bonds is 8. The van der Waals surface area contributed by atoms with Gasteiger partial charge in [0.25, 0.3) is 5.09 Å². The van der Waals surface area contributed by atoms with Gasteiger partial charge in [-0.2, -0.15) is 0 Å². The van der Waals surface area contributed by atoms with E-state index in [-0.39, 0.29) is 24.7 Å². The van der Waals surface area contributed by atoms with Crippen LogP contribution in [0.5, 0.6) is 5.75 Å². The van der Waals surface area contributed by atoms with Crippen molar-refractivity contribution < 1.29 is 19.8 Å². The highest BCUT2D eigenvalue weighted by Gasteiger charge is 2.55. The van der Waals surface area contributed by atoms with Crippen molar-refractivity contribution in [3.63, 3.8) is 0 Å². The number of carbonyl (C=O) groups excluding carboxylic acids is 1. The second-order valence-electron chi connectivity index (χ2n) is 10.1. The first-order chi connectivity index (χ1) is 19.9. The maximum absolute atomic E-state index is 13.7. The third-order valence-electron chi connectivity index (χ3n) is 7.48. The Kier molecular flexibility index (Phi) is 6.64. The standard InChI is InChI=1S/C30H26N6O5/c1-20-2-4-22(5-3-20)16-35-26(38)14-30(24-10-6-23(17-37)7-11-24)27-28(31-18-32-29(30)35)34(19-33-27)15-21-8-12-25(13-9-21)41-36(39)40/h2-13,18-19,37H,14-17H2,1H3. The summed E-state index contributed by atoms with van der Waals surface area (Å²) >= 11 is 0. The van der Waals surface area contributed by atoms with Crippen LogP contribution in [-0.2, 0) is 29.9 Å². The van der Waals surface area contributed by atoms with E-state index < -0.39 is 10.5 Å². The fraction of sp³-hybridized carbons (Fsp3) is 0.200. The molecule has 1 fully saturated rings. The Morgan fingerprint density at radius 2 is 1.63 bits per heavy atom. The first kappa shape index (κ1) is 26.1. The minimum atomic E-state index is -0.990. The number of aromatic nitrogens is 2. The number of aliphatic hydroxyl groups excluding tert-OH is 1. The molecule has 11 heteroatoms. The average molecular weight is 551 g/mol. The summed E-state index contributed by atoms with van der Waals surface area (Å²) in [5, 5.41) is 19.4. The Morgan fingerprint density at radius 3 is 2.32 bits per heavy atom. The van der Waals surface area contributed by atoms with Crippen molar-refractivity contribution in [2.24, 2.45) is 9.98 Å². The van der Waals surface area contributed by atoms with Crippen LogP contribution in [0.25, 0.3) is 0 Å². The largest absolute Gasteiger partial charge is 0.392 e. The average Bonchev–Trinajstić information content (AvgIpc) is 3.44. The Bertz CT molecular complexity index is 1680. The first-order valence-electron chi connectivity index (χ1n) is 13.0. The molecule has 0 radical (unpaired) electrons. The zero-order chi connectivity index (χ0) is 28.6. The summed E-state index contributed by atoms with van der Waals surface area (Å²) in [4.78, 5) is 44.8. The lowest BCUT2D eigenvalue weighted by atomic mass is 9.75. The summed E-state index contributed by atoms with van der Waals surface area (Å²) < 4.78 is 1.87. The Morgan fingerprint density at radius 1 is 0.976 bits per heavy atom. The van der Waals surface area contributed by atoms with Gasteiger partial charge < -0.3 is 9.67 Å². The van der Waals surface area contributed by atoms with E-state index in [9.17, 15) is 20.0 Å². The number of aryl methyl sites for hydroxylation is 1. The van der Waals surface area contributed by atoms with Crippen LogP contribution in [-0.4, -0.2) is 42.7 Å². The highest BCUT2D eigenvalue weighted by molar-refractivity contribution is 6.16. The Hall–Kier alpha value is -5.16. The minimum Gasteiger partial charge on any atom is -0.392 e. The van der Waals surface area contributed by atoms with Crippen LogP contribution in [0.3, 0.4) is 0 Å². The monoisotopic (exact) mass is 550 g/mol. The second kappa shape index (κ2) is 10.4. The predicted molar refractivity (Wildman–Crippen MR) is 150 cm³/mol. The van der Waals surface area contributed by atoms with Gasteiger partial charge in [-0.1, -0.05) is 66.2 Å². The fourth-order valence-corrected chi connectivity index (χ4v) is 5.43. The van der Waals surface area contributed by atoms with Crippen molar-refractivity contribution in [2.45, 2.75) is 38.5 Å². The van der Waals surface area contributed by atoms with Crippen LogP contribution < -0.4 is 4.84 Å². The molecule has 0 bridgehead atoms. The zero-order valence-corrected chi connectivity index (χ0v) is 22.2. The van der Waals surface area contributed by atoms with E-state index in [0.29, 0.717) is 30.4 Å². The van der Waals surface area contributed by atoms with E-state index in [1.807, 2.05) is 60.0 Å². The summed E-state index contributed by atoms with van der Waals surface area (Å²) in [6, 6.07) is 22.1. The molecule has 11 nitrogen and oxygen atoms in total. The second-order valence-corrected chi connectivity index (χ2v) is 10.1. The van der Waals surface area contributed by atoms with Crippen molar-refractivity contribution in [2.75, 3.05) is 0 Å². The van der Waals surface area contributed by atoms with Gasteiger partial charge in [-0.05, 0) is 41.3 Å². The Labute approximate surface area is 235 Å². The molecule has 2 aliphatic heterocycles. The van der Waals surface area contributed by atoms with Crippen molar-refractivity contribution in [1.29, 1.82) is 0 Å². The van der Waals surface area contributed by atoms with E-state index in [0.717, 1.165) is 27.8 Å². The maximum atomic E-state index is 13.7. The smallest absolute Gasteiger partial charge is 0.299 e. The summed E-state index contributed by atoms with van der Waals surface area (Å²) in [6.45, 7) is 2.66. The third kappa shape index (κ3) is 4.76. The number of hydrogen-bond acceptors (Lipinski definition) is 8. The maximum Gasteiger partial charge on any atom is 0.299 e. The molecule has 3 aromatic carbocycles. The number of aliphatic imine (C=N–C) groups is 2. The quantitative estimate of drug-likeness (QED) is 0.259. The molecular weight excluding hydrogens is 524 g/mol. The molecule has 6 rings (SSSR count). The van der Waals surface area contributed by atoms with Gasteiger partial charge in [-0.25, -0.2) is 15.0 Å². The zero-order valence-electron chi connectivity index (χ0n) is 22.2. The molecular formula is C30H26N6O5. The number of likely N-dealkylation sites (tertiary alicyclic amines) is 1. The van der Waals surface area contributed by atoms with Gasteiger partial charge in [-0.15, -0.1) is 10.1 Å².